The first-order valence-electron chi connectivity index (χ1n) is 5.05. The van der Waals surface area contributed by atoms with Crippen molar-refractivity contribution in [3.8, 4) is 0 Å². The highest BCUT2D eigenvalue weighted by atomic mass is 79.9. The van der Waals surface area contributed by atoms with E-state index in [1.165, 1.54) is 0 Å². The highest BCUT2D eigenvalue weighted by Gasteiger charge is 2.05. The second kappa shape index (κ2) is 6.24. The van der Waals surface area contributed by atoms with Crippen molar-refractivity contribution in [1.82, 2.24) is 4.98 Å². The zero-order chi connectivity index (χ0) is 13.1. The monoisotopic (exact) mass is 408 g/mol. The highest BCUT2D eigenvalue weighted by molar-refractivity contribution is 9.10. The molecule has 0 bridgehead atoms. The van der Waals surface area contributed by atoms with Crippen molar-refractivity contribution >= 4 is 60.7 Å². The van der Waals surface area contributed by atoms with Crippen LogP contribution < -0.4 is 5.32 Å². The van der Waals surface area contributed by atoms with Gasteiger partial charge in [0.15, 0.2) is 5.15 Å². The van der Waals surface area contributed by atoms with Crippen LogP contribution in [-0.4, -0.2) is 4.98 Å². The van der Waals surface area contributed by atoms with Gasteiger partial charge in [0.05, 0.1) is 5.69 Å². The van der Waals surface area contributed by atoms with Gasteiger partial charge in [-0.15, -0.1) is 0 Å². The number of hydrogen-bond donors (Lipinski definition) is 1. The average molecular weight is 411 g/mol. The summed E-state index contributed by atoms with van der Waals surface area (Å²) in [5, 5.41) is 4.37. The Bertz CT molecular complexity index is 524. The maximum Gasteiger partial charge on any atom is 0.152 e. The molecule has 0 aliphatic heterocycles. The number of anilines is 1. The van der Waals surface area contributed by atoms with E-state index in [0.29, 0.717) is 16.7 Å². The van der Waals surface area contributed by atoms with Gasteiger partial charge in [0, 0.05) is 26.7 Å². The number of pyridine rings is 1. The summed E-state index contributed by atoms with van der Waals surface area (Å²) in [7, 11) is 0. The topological polar surface area (TPSA) is 24.9 Å². The predicted molar refractivity (Wildman–Crippen MR) is 83.4 cm³/mol. The Hall–Kier alpha value is -0.290. The molecule has 0 aliphatic rings. The maximum absolute atomic E-state index is 6.00. The molecule has 1 aromatic carbocycles. The van der Waals surface area contributed by atoms with Gasteiger partial charge in [0.25, 0.3) is 0 Å². The molecular weight excluding hydrogens is 403 g/mol. The minimum Gasteiger partial charge on any atom is -0.378 e. The summed E-state index contributed by atoms with van der Waals surface area (Å²) >= 11 is 18.8. The van der Waals surface area contributed by atoms with Crippen LogP contribution >= 0.6 is 55.1 Å². The Kier molecular flexibility index (Phi) is 4.90. The van der Waals surface area contributed by atoms with E-state index in [0.717, 1.165) is 20.2 Å². The zero-order valence-electron chi connectivity index (χ0n) is 9.05. The van der Waals surface area contributed by atoms with E-state index in [4.69, 9.17) is 23.2 Å². The Morgan fingerprint density at radius 3 is 2.72 bits per heavy atom. The molecule has 18 heavy (non-hydrogen) atoms. The van der Waals surface area contributed by atoms with Crippen molar-refractivity contribution in [2.45, 2.75) is 6.54 Å². The van der Waals surface area contributed by atoms with Crippen molar-refractivity contribution in [1.29, 1.82) is 0 Å². The maximum atomic E-state index is 6.00. The second-order valence-corrected chi connectivity index (χ2v) is 6.15. The van der Waals surface area contributed by atoms with E-state index in [-0.39, 0.29) is 0 Å². The normalized spacial score (nSPS) is 10.4. The third-order valence-corrected chi connectivity index (χ3v) is 4.03. The molecule has 0 saturated heterocycles. The lowest BCUT2D eigenvalue weighted by molar-refractivity contribution is 1.12. The van der Waals surface area contributed by atoms with Gasteiger partial charge in [-0.2, -0.15) is 0 Å². The molecule has 0 radical (unpaired) electrons. The number of aromatic nitrogens is 1. The Morgan fingerprint density at radius 2 is 1.94 bits per heavy atom. The average Bonchev–Trinajstić information content (AvgIpc) is 2.34. The Morgan fingerprint density at radius 1 is 1.17 bits per heavy atom. The van der Waals surface area contributed by atoms with Crippen LogP contribution in [0.5, 0.6) is 0 Å². The standard InChI is InChI=1S/C12H8Br2Cl2N2/c13-8-4-11(12(16)18-6-8)17-5-7-3-9(15)1-2-10(7)14/h1-4,6,17H,5H2. The van der Waals surface area contributed by atoms with Crippen molar-refractivity contribution in [2.24, 2.45) is 0 Å². The van der Waals surface area contributed by atoms with Crippen LogP contribution in [0.3, 0.4) is 0 Å². The van der Waals surface area contributed by atoms with Crippen molar-refractivity contribution < 1.29 is 0 Å². The molecule has 1 N–H and O–H groups in total. The van der Waals surface area contributed by atoms with Gasteiger partial charge in [-0.25, -0.2) is 4.98 Å². The smallest absolute Gasteiger partial charge is 0.152 e. The Labute approximate surface area is 132 Å². The first-order valence-corrected chi connectivity index (χ1v) is 7.39. The van der Waals surface area contributed by atoms with E-state index >= 15 is 0 Å². The summed E-state index contributed by atoms with van der Waals surface area (Å²) in [5.74, 6) is 0. The van der Waals surface area contributed by atoms with Crippen LogP contribution in [0.4, 0.5) is 5.69 Å². The fraction of sp³-hybridized carbons (Fsp3) is 0.0833. The van der Waals surface area contributed by atoms with Crippen LogP contribution in [0.25, 0.3) is 0 Å². The van der Waals surface area contributed by atoms with Gasteiger partial charge in [-0.3, -0.25) is 0 Å². The third kappa shape index (κ3) is 3.60. The highest BCUT2D eigenvalue weighted by Crippen LogP contribution is 2.26. The van der Waals surface area contributed by atoms with Gasteiger partial charge in [0.2, 0.25) is 0 Å². The molecule has 0 spiro atoms. The fourth-order valence-electron chi connectivity index (χ4n) is 1.42. The van der Waals surface area contributed by atoms with Crippen molar-refractivity contribution in [3.63, 3.8) is 0 Å². The fourth-order valence-corrected chi connectivity index (χ4v) is 2.50. The number of halogens is 4. The summed E-state index contributed by atoms with van der Waals surface area (Å²) in [5.41, 5.74) is 1.83. The summed E-state index contributed by atoms with van der Waals surface area (Å²) in [6.07, 6.45) is 1.66. The number of nitrogens with zero attached hydrogens (tertiary/aromatic N) is 1. The molecule has 0 fully saturated rings. The SMILES string of the molecule is Clc1ccc(Br)c(CNc2cc(Br)cnc2Cl)c1. The summed E-state index contributed by atoms with van der Waals surface area (Å²) in [6, 6.07) is 7.54. The van der Waals surface area contributed by atoms with Gasteiger partial charge < -0.3 is 5.32 Å². The number of benzene rings is 1. The van der Waals surface area contributed by atoms with Gasteiger partial charge >= 0.3 is 0 Å². The zero-order valence-corrected chi connectivity index (χ0v) is 13.7. The van der Waals surface area contributed by atoms with E-state index in [2.05, 4.69) is 42.2 Å². The molecule has 0 saturated carbocycles. The summed E-state index contributed by atoms with van der Waals surface area (Å²) < 4.78 is 1.87. The molecule has 94 valence electrons. The summed E-state index contributed by atoms with van der Waals surface area (Å²) in [6.45, 7) is 0.610. The van der Waals surface area contributed by atoms with E-state index < -0.39 is 0 Å². The molecule has 0 unspecified atom stereocenters. The van der Waals surface area contributed by atoms with Gasteiger partial charge in [0.1, 0.15) is 0 Å². The first kappa shape index (κ1) is 14.1. The molecule has 1 heterocycles. The predicted octanol–water partition coefficient (Wildman–Crippen LogP) is 5.53. The quantitative estimate of drug-likeness (QED) is 0.673. The number of rotatable bonds is 3. The van der Waals surface area contributed by atoms with Crippen LogP contribution in [-0.2, 0) is 6.54 Å². The molecule has 2 rings (SSSR count). The summed E-state index contributed by atoms with van der Waals surface area (Å²) in [4.78, 5) is 4.05. The van der Waals surface area contributed by atoms with Crippen molar-refractivity contribution in [2.75, 3.05) is 5.32 Å². The van der Waals surface area contributed by atoms with Crippen LogP contribution in [0.15, 0.2) is 39.4 Å². The number of nitrogens with one attached hydrogen (secondary N) is 1. The van der Waals surface area contributed by atoms with E-state index in [1.54, 1.807) is 6.20 Å². The molecule has 2 nitrogen and oxygen atoms in total. The van der Waals surface area contributed by atoms with Gasteiger partial charge in [-0.05, 0) is 45.8 Å². The minimum absolute atomic E-state index is 0.441. The largest absolute Gasteiger partial charge is 0.378 e. The Balaban J connectivity index is 2.16. The van der Waals surface area contributed by atoms with Crippen molar-refractivity contribution in [3.05, 3.63) is 55.1 Å². The van der Waals surface area contributed by atoms with Crippen LogP contribution in [0.1, 0.15) is 5.56 Å². The van der Waals surface area contributed by atoms with E-state index in [9.17, 15) is 0 Å². The lowest BCUT2D eigenvalue weighted by Crippen LogP contribution is -2.01. The molecule has 6 heteroatoms. The number of hydrogen-bond acceptors (Lipinski definition) is 2. The minimum atomic E-state index is 0.441. The van der Waals surface area contributed by atoms with Crippen LogP contribution in [0.2, 0.25) is 10.2 Å². The lowest BCUT2D eigenvalue weighted by Gasteiger charge is -2.10. The van der Waals surface area contributed by atoms with Gasteiger partial charge in [-0.1, -0.05) is 39.1 Å². The van der Waals surface area contributed by atoms with Crippen LogP contribution in [0, 0.1) is 0 Å². The first-order chi connectivity index (χ1) is 8.56. The molecule has 1 aromatic heterocycles. The molecule has 0 atom stereocenters. The third-order valence-electron chi connectivity index (χ3n) is 2.28. The van der Waals surface area contributed by atoms with E-state index in [1.807, 2.05) is 24.3 Å². The lowest BCUT2D eigenvalue weighted by atomic mass is 10.2. The molecule has 0 amide bonds. The molecule has 2 aromatic rings. The molecule has 0 aliphatic carbocycles. The second-order valence-electron chi connectivity index (χ2n) is 3.58. The molecular formula is C12H8Br2Cl2N2.